The molecule has 164 valence electrons. The Morgan fingerprint density at radius 2 is 1.87 bits per heavy atom. The number of fused-ring (bicyclic) bond motifs is 1. The standard InChI is InChI=1S/C17H14F3N5O4S2/c1-25-13-7-4-10(29-17(18,19)20)8-12(13)14(15(25)26)23-24-16(30)22-9-2-5-11(6-3-9)31(21,27)28/h2-8,26H,1H3,(H,22,30)(H2,21,27,28). The zero-order valence-electron chi connectivity index (χ0n) is 15.6. The van der Waals surface area contributed by atoms with Gasteiger partial charge in [0.05, 0.1) is 10.4 Å². The van der Waals surface area contributed by atoms with Crippen LogP contribution in [-0.4, -0.2) is 29.6 Å². The van der Waals surface area contributed by atoms with E-state index in [9.17, 15) is 26.7 Å². The van der Waals surface area contributed by atoms with Gasteiger partial charge < -0.3 is 19.7 Å². The highest BCUT2D eigenvalue weighted by atomic mass is 32.2. The molecule has 9 nitrogen and oxygen atoms in total. The fourth-order valence-corrected chi connectivity index (χ4v) is 3.33. The molecule has 0 fully saturated rings. The summed E-state index contributed by atoms with van der Waals surface area (Å²) in [5.41, 5.74) is 0.664. The molecule has 2 aromatic carbocycles. The first kappa shape index (κ1) is 22.5. The highest BCUT2D eigenvalue weighted by Crippen LogP contribution is 2.40. The molecule has 0 spiro atoms. The number of aromatic nitrogens is 1. The number of primary sulfonamides is 1. The molecule has 3 rings (SSSR count). The van der Waals surface area contributed by atoms with Gasteiger partial charge >= 0.3 is 6.36 Å². The number of ether oxygens (including phenoxy) is 1. The van der Waals surface area contributed by atoms with E-state index in [0.29, 0.717) is 11.2 Å². The van der Waals surface area contributed by atoms with Crippen LogP contribution >= 0.6 is 12.2 Å². The second-order valence-corrected chi connectivity index (χ2v) is 8.11. The number of nitrogens with one attached hydrogen (secondary N) is 1. The Bertz CT molecular complexity index is 1290. The van der Waals surface area contributed by atoms with E-state index < -0.39 is 22.1 Å². The molecule has 0 bridgehead atoms. The summed E-state index contributed by atoms with van der Waals surface area (Å²) < 4.78 is 65.2. The number of hydrogen-bond acceptors (Lipinski definition) is 6. The van der Waals surface area contributed by atoms with Crippen molar-refractivity contribution in [2.24, 2.45) is 22.4 Å². The first-order chi connectivity index (χ1) is 14.3. The highest BCUT2D eigenvalue weighted by Gasteiger charge is 2.31. The normalized spacial score (nSPS) is 12.4. The van der Waals surface area contributed by atoms with Crippen molar-refractivity contribution in [3.05, 3.63) is 42.5 Å². The van der Waals surface area contributed by atoms with Crippen molar-refractivity contribution >= 4 is 49.6 Å². The molecule has 0 unspecified atom stereocenters. The molecule has 1 aromatic heterocycles. The maximum Gasteiger partial charge on any atom is 0.573 e. The molecule has 0 amide bonds. The number of alkyl halides is 3. The van der Waals surface area contributed by atoms with Crippen molar-refractivity contribution in [3.63, 3.8) is 0 Å². The van der Waals surface area contributed by atoms with E-state index in [1.807, 2.05) is 0 Å². The van der Waals surface area contributed by atoms with Crippen LogP contribution < -0.4 is 15.2 Å². The van der Waals surface area contributed by atoms with E-state index in [2.05, 4.69) is 20.3 Å². The van der Waals surface area contributed by atoms with Crippen molar-refractivity contribution in [2.45, 2.75) is 11.3 Å². The van der Waals surface area contributed by atoms with E-state index in [-0.39, 0.29) is 27.0 Å². The van der Waals surface area contributed by atoms with E-state index in [4.69, 9.17) is 17.4 Å². The summed E-state index contributed by atoms with van der Waals surface area (Å²) in [6.45, 7) is 0. The molecule has 0 atom stereocenters. The summed E-state index contributed by atoms with van der Waals surface area (Å²) >= 11 is 5.04. The van der Waals surface area contributed by atoms with Crippen LogP contribution in [0.15, 0.2) is 57.6 Å². The summed E-state index contributed by atoms with van der Waals surface area (Å²) in [5.74, 6) is -0.832. The van der Waals surface area contributed by atoms with Gasteiger partial charge in [0.1, 0.15) is 5.75 Å². The number of sulfonamides is 1. The van der Waals surface area contributed by atoms with Gasteiger partial charge in [-0.2, -0.15) is 0 Å². The molecule has 3 aromatic rings. The van der Waals surface area contributed by atoms with Gasteiger partial charge in [-0.1, -0.05) is 0 Å². The molecule has 31 heavy (non-hydrogen) atoms. The third kappa shape index (κ3) is 5.28. The molecule has 0 radical (unpaired) electrons. The molecule has 0 aliphatic rings. The molecule has 4 N–H and O–H groups in total. The number of thiocarbonyl (C=S) groups is 1. The van der Waals surface area contributed by atoms with Gasteiger partial charge in [-0.3, -0.25) is 0 Å². The predicted molar refractivity (Wildman–Crippen MR) is 110 cm³/mol. The first-order valence-electron chi connectivity index (χ1n) is 8.28. The van der Waals surface area contributed by atoms with Crippen LogP contribution in [0, 0.1) is 0 Å². The van der Waals surface area contributed by atoms with Crippen molar-refractivity contribution in [1.29, 1.82) is 0 Å². The van der Waals surface area contributed by atoms with Gasteiger partial charge in [0.15, 0.2) is 5.69 Å². The van der Waals surface area contributed by atoms with Crippen molar-refractivity contribution in [1.82, 2.24) is 4.57 Å². The fourth-order valence-electron chi connectivity index (χ4n) is 2.66. The summed E-state index contributed by atoms with van der Waals surface area (Å²) in [4.78, 5) is -0.0943. The Morgan fingerprint density at radius 1 is 1.23 bits per heavy atom. The topological polar surface area (TPSA) is 131 Å². The summed E-state index contributed by atoms with van der Waals surface area (Å²) in [6, 6.07) is 8.83. The van der Waals surface area contributed by atoms with E-state index >= 15 is 0 Å². The Labute approximate surface area is 179 Å². The van der Waals surface area contributed by atoms with Crippen molar-refractivity contribution < 1.29 is 31.4 Å². The van der Waals surface area contributed by atoms with Crippen LogP contribution in [0.25, 0.3) is 10.9 Å². The Hall–Kier alpha value is -3.23. The maximum absolute atomic E-state index is 12.5. The van der Waals surface area contributed by atoms with Crippen LogP contribution in [0.5, 0.6) is 11.6 Å². The third-order valence-corrected chi connectivity index (χ3v) is 5.14. The van der Waals surface area contributed by atoms with Gasteiger partial charge in [0.2, 0.25) is 21.0 Å². The Balaban J connectivity index is 1.85. The SMILES string of the molecule is Cn1c(O)c(N=NC(=S)Nc2ccc(S(N)(=O)=O)cc2)c2cc(OC(F)(F)F)ccc21. The van der Waals surface area contributed by atoms with Crippen molar-refractivity contribution in [3.8, 4) is 11.6 Å². The van der Waals surface area contributed by atoms with Crippen LogP contribution in [0.2, 0.25) is 0 Å². The smallest absolute Gasteiger partial charge is 0.493 e. The third-order valence-electron chi connectivity index (χ3n) is 4.02. The number of aromatic hydroxyl groups is 1. The van der Waals surface area contributed by atoms with Gasteiger partial charge in [0, 0.05) is 18.1 Å². The molecular formula is C17H14F3N5O4S2. The number of nitrogens with two attached hydrogens (primary N) is 1. The second-order valence-electron chi connectivity index (χ2n) is 6.16. The van der Waals surface area contributed by atoms with Crippen LogP contribution in [-0.2, 0) is 17.1 Å². The molecule has 14 heteroatoms. The van der Waals surface area contributed by atoms with E-state index in [1.165, 1.54) is 41.9 Å². The molecule has 1 heterocycles. The van der Waals surface area contributed by atoms with Gasteiger partial charge in [-0.25, -0.2) is 13.6 Å². The number of azo groups is 1. The molecular weight excluding hydrogens is 459 g/mol. The van der Waals surface area contributed by atoms with Crippen molar-refractivity contribution in [2.75, 3.05) is 5.32 Å². The molecule has 0 aliphatic carbocycles. The number of aryl methyl sites for hydroxylation is 1. The number of halogens is 3. The summed E-state index contributed by atoms with van der Waals surface area (Å²) in [7, 11) is -2.36. The minimum absolute atomic E-state index is 0.0943. The molecule has 0 saturated heterocycles. The van der Waals surface area contributed by atoms with Crippen LogP contribution in [0.1, 0.15) is 0 Å². The lowest BCUT2D eigenvalue weighted by atomic mass is 10.2. The van der Waals surface area contributed by atoms with Crippen LogP contribution in [0.3, 0.4) is 0 Å². The number of benzene rings is 2. The van der Waals surface area contributed by atoms with E-state index in [0.717, 1.165) is 12.1 Å². The van der Waals surface area contributed by atoms with Gasteiger partial charge in [-0.15, -0.1) is 23.4 Å². The summed E-state index contributed by atoms with van der Waals surface area (Å²) in [5, 5.41) is 25.6. The lowest BCUT2D eigenvalue weighted by Gasteiger charge is -2.08. The lowest BCUT2D eigenvalue weighted by molar-refractivity contribution is -0.274. The first-order valence-corrected chi connectivity index (χ1v) is 10.2. The number of hydrogen-bond donors (Lipinski definition) is 3. The summed E-state index contributed by atoms with van der Waals surface area (Å²) in [6.07, 6.45) is -4.88. The largest absolute Gasteiger partial charge is 0.573 e. The fraction of sp³-hybridized carbons (Fsp3) is 0.118. The Morgan fingerprint density at radius 3 is 2.45 bits per heavy atom. The molecule has 0 saturated carbocycles. The zero-order chi connectivity index (χ0) is 23.0. The number of nitrogens with zero attached hydrogens (tertiary/aromatic N) is 3. The second kappa shape index (κ2) is 8.13. The zero-order valence-corrected chi connectivity index (χ0v) is 17.2. The Kier molecular flexibility index (Phi) is 5.89. The quantitative estimate of drug-likeness (QED) is 0.389. The van der Waals surface area contributed by atoms with E-state index in [1.54, 1.807) is 0 Å². The van der Waals surface area contributed by atoms with Gasteiger partial charge in [-0.05, 0) is 54.7 Å². The minimum atomic E-state index is -4.88. The predicted octanol–water partition coefficient (Wildman–Crippen LogP) is 3.91. The van der Waals surface area contributed by atoms with Gasteiger partial charge in [0.25, 0.3) is 0 Å². The average Bonchev–Trinajstić information content (AvgIpc) is 2.88. The highest BCUT2D eigenvalue weighted by molar-refractivity contribution is 7.89. The molecule has 0 aliphatic heterocycles. The van der Waals surface area contributed by atoms with Crippen LogP contribution in [0.4, 0.5) is 24.5 Å². The lowest BCUT2D eigenvalue weighted by Crippen LogP contribution is -2.16. The number of anilines is 1. The minimum Gasteiger partial charge on any atom is -0.493 e. The maximum atomic E-state index is 12.5. The number of rotatable bonds is 4. The average molecular weight is 473 g/mol. The monoisotopic (exact) mass is 473 g/mol.